The molecule has 0 aliphatic heterocycles. The molecule has 0 aliphatic rings. The van der Waals surface area contributed by atoms with Gasteiger partial charge in [-0.2, -0.15) is 0 Å². The maximum Gasteiger partial charge on any atom is 0.323 e. The normalized spacial score (nSPS) is 12.4. The van der Waals surface area contributed by atoms with Gasteiger partial charge in [0, 0.05) is 12.1 Å². The second-order valence-electron chi connectivity index (χ2n) is 5.06. The van der Waals surface area contributed by atoms with Crippen molar-refractivity contribution in [1.29, 1.82) is 0 Å². The van der Waals surface area contributed by atoms with Crippen LogP contribution in [0.2, 0.25) is 0 Å². The standard InChI is InChI=1S/C11H22N2O3/c1-6-13(7-8(14)15)9(16)10(2,3)11(4,5)12/h6-7,12H2,1-5H3,(H,14,15). The van der Waals surface area contributed by atoms with Gasteiger partial charge in [0.1, 0.15) is 6.54 Å². The van der Waals surface area contributed by atoms with Crippen LogP contribution < -0.4 is 5.73 Å². The van der Waals surface area contributed by atoms with E-state index in [-0.39, 0.29) is 12.5 Å². The van der Waals surface area contributed by atoms with Crippen LogP contribution in [0.4, 0.5) is 0 Å². The molecule has 1 amide bonds. The van der Waals surface area contributed by atoms with E-state index in [1.807, 2.05) is 0 Å². The van der Waals surface area contributed by atoms with Crippen molar-refractivity contribution in [1.82, 2.24) is 4.90 Å². The van der Waals surface area contributed by atoms with Crippen LogP contribution in [0.25, 0.3) is 0 Å². The largest absolute Gasteiger partial charge is 0.480 e. The number of carbonyl (C=O) groups is 2. The highest BCUT2D eigenvalue weighted by molar-refractivity contribution is 5.86. The van der Waals surface area contributed by atoms with Crippen LogP contribution in [0.15, 0.2) is 0 Å². The smallest absolute Gasteiger partial charge is 0.323 e. The molecule has 0 unspecified atom stereocenters. The van der Waals surface area contributed by atoms with E-state index in [0.717, 1.165) is 0 Å². The van der Waals surface area contributed by atoms with E-state index in [4.69, 9.17) is 10.8 Å². The molecule has 0 bridgehead atoms. The molecule has 5 heteroatoms. The molecule has 0 heterocycles. The van der Waals surface area contributed by atoms with Crippen molar-refractivity contribution in [3.8, 4) is 0 Å². The number of carboxylic acid groups (broad SMARTS) is 1. The Morgan fingerprint density at radius 2 is 1.69 bits per heavy atom. The van der Waals surface area contributed by atoms with Gasteiger partial charge in [0.25, 0.3) is 0 Å². The number of carboxylic acids is 1. The third kappa shape index (κ3) is 3.20. The van der Waals surface area contributed by atoms with E-state index >= 15 is 0 Å². The monoisotopic (exact) mass is 230 g/mol. The number of aliphatic carboxylic acids is 1. The van der Waals surface area contributed by atoms with Crippen LogP contribution >= 0.6 is 0 Å². The van der Waals surface area contributed by atoms with Crippen molar-refractivity contribution >= 4 is 11.9 Å². The third-order valence-electron chi connectivity index (χ3n) is 3.14. The van der Waals surface area contributed by atoms with E-state index in [1.165, 1.54) is 4.90 Å². The summed E-state index contributed by atoms with van der Waals surface area (Å²) in [6, 6.07) is 0. The predicted octanol–water partition coefficient (Wildman–Crippen LogP) is 0.683. The summed E-state index contributed by atoms with van der Waals surface area (Å²) in [7, 11) is 0. The van der Waals surface area contributed by atoms with Crippen molar-refractivity contribution in [2.24, 2.45) is 11.1 Å². The lowest BCUT2D eigenvalue weighted by atomic mass is 9.74. The number of amides is 1. The second kappa shape index (κ2) is 4.82. The quantitative estimate of drug-likeness (QED) is 0.727. The Kier molecular flexibility index (Phi) is 4.49. The Hall–Kier alpha value is -1.10. The highest BCUT2D eigenvalue weighted by Gasteiger charge is 2.42. The summed E-state index contributed by atoms with van der Waals surface area (Å²) in [5, 5.41) is 8.71. The fourth-order valence-electron chi connectivity index (χ4n) is 1.16. The number of nitrogens with zero attached hydrogens (tertiary/aromatic N) is 1. The molecule has 0 saturated carbocycles. The van der Waals surface area contributed by atoms with Gasteiger partial charge in [-0.25, -0.2) is 0 Å². The number of hydrogen-bond donors (Lipinski definition) is 2. The van der Waals surface area contributed by atoms with Gasteiger partial charge in [-0.15, -0.1) is 0 Å². The summed E-state index contributed by atoms with van der Waals surface area (Å²) in [6.45, 7) is 8.83. The predicted molar refractivity (Wildman–Crippen MR) is 61.9 cm³/mol. The van der Waals surface area contributed by atoms with E-state index in [2.05, 4.69) is 0 Å². The van der Waals surface area contributed by atoms with Gasteiger partial charge in [0.2, 0.25) is 5.91 Å². The first kappa shape index (κ1) is 14.9. The second-order valence-corrected chi connectivity index (χ2v) is 5.06. The molecular formula is C11H22N2O3. The van der Waals surface area contributed by atoms with Crippen LogP contribution in [-0.4, -0.2) is 40.5 Å². The molecule has 0 spiro atoms. The number of nitrogens with two attached hydrogens (primary N) is 1. The third-order valence-corrected chi connectivity index (χ3v) is 3.14. The number of hydrogen-bond acceptors (Lipinski definition) is 3. The van der Waals surface area contributed by atoms with Crippen molar-refractivity contribution in [2.75, 3.05) is 13.1 Å². The minimum atomic E-state index is -1.01. The van der Waals surface area contributed by atoms with Gasteiger partial charge in [0.05, 0.1) is 5.41 Å². The molecule has 16 heavy (non-hydrogen) atoms. The van der Waals surface area contributed by atoms with Gasteiger partial charge in [0.15, 0.2) is 0 Å². The molecule has 0 rings (SSSR count). The molecular weight excluding hydrogens is 208 g/mol. The maximum absolute atomic E-state index is 12.2. The van der Waals surface area contributed by atoms with E-state index in [0.29, 0.717) is 6.54 Å². The molecule has 0 radical (unpaired) electrons. The average Bonchev–Trinajstić information content (AvgIpc) is 2.10. The zero-order chi connectivity index (χ0) is 13.1. The van der Waals surface area contributed by atoms with Crippen LogP contribution in [0.5, 0.6) is 0 Å². The van der Waals surface area contributed by atoms with E-state index in [9.17, 15) is 9.59 Å². The number of rotatable bonds is 5. The van der Waals surface area contributed by atoms with E-state index < -0.39 is 16.9 Å². The first-order chi connectivity index (χ1) is 7.04. The summed E-state index contributed by atoms with van der Waals surface area (Å²) in [6.07, 6.45) is 0. The zero-order valence-corrected chi connectivity index (χ0v) is 10.7. The zero-order valence-electron chi connectivity index (χ0n) is 10.7. The Balaban J connectivity index is 4.95. The molecule has 0 aromatic rings. The topological polar surface area (TPSA) is 83.6 Å². The molecule has 0 aromatic heterocycles. The Bertz CT molecular complexity index is 279. The fraction of sp³-hybridized carbons (Fsp3) is 0.818. The Morgan fingerprint density at radius 3 is 1.94 bits per heavy atom. The van der Waals surface area contributed by atoms with Crippen LogP contribution in [-0.2, 0) is 9.59 Å². The Labute approximate surface area is 96.6 Å². The average molecular weight is 230 g/mol. The van der Waals surface area contributed by atoms with Gasteiger partial charge in [-0.3, -0.25) is 9.59 Å². The van der Waals surface area contributed by atoms with Crippen molar-refractivity contribution < 1.29 is 14.7 Å². The fourth-order valence-corrected chi connectivity index (χ4v) is 1.16. The summed E-state index contributed by atoms with van der Waals surface area (Å²) in [5.41, 5.74) is 4.45. The first-order valence-corrected chi connectivity index (χ1v) is 5.34. The Morgan fingerprint density at radius 1 is 1.25 bits per heavy atom. The molecule has 5 nitrogen and oxygen atoms in total. The number of carbonyl (C=O) groups excluding carboxylic acids is 1. The summed E-state index contributed by atoms with van der Waals surface area (Å²) in [5.74, 6) is -1.24. The first-order valence-electron chi connectivity index (χ1n) is 5.34. The van der Waals surface area contributed by atoms with Crippen molar-refractivity contribution in [3.05, 3.63) is 0 Å². The summed E-state index contributed by atoms with van der Waals surface area (Å²) < 4.78 is 0. The highest BCUT2D eigenvalue weighted by Crippen LogP contribution is 2.30. The highest BCUT2D eigenvalue weighted by atomic mass is 16.4. The lowest BCUT2D eigenvalue weighted by Crippen LogP contribution is -2.57. The minimum Gasteiger partial charge on any atom is -0.480 e. The number of likely N-dealkylation sites (N-methyl/N-ethyl adjacent to an activating group) is 1. The van der Waals surface area contributed by atoms with Crippen LogP contribution in [0, 0.1) is 5.41 Å². The van der Waals surface area contributed by atoms with Crippen LogP contribution in [0.3, 0.4) is 0 Å². The SMILES string of the molecule is CCN(CC(=O)O)C(=O)C(C)(C)C(C)(C)N. The summed E-state index contributed by atoms with van der Waals surface area (Å²) >= 11 is 0. The molecule has 0 aromatic carbocycles. The van der Waals surface area contributed by atoms with Crippen LogP contribution in [0.1, 0.15) is 34.6 Å². The molecule has 3 N–H and O–H groups in total. The minimum absolute atomic E-state index is 0.232. The maximum atomic E-state index is 12.2. The van der Waals surface area contributed by atoms with Crippen molar-refractivity contribution in [3.63, 3.8) is 0 Å². The van der Waals surface area contributed by atoms with Gasteiger partial charge in [-0.1, -0.05) is 0 Å². The molecule has 0 fully saturated rings. The van der Waals surface area contributed by atoms with Gasteiger partial charge >= 0.3 is 5.97 Å². The molecule has 0 atom stereocenters. The van der Waals surface area contributed by atoms with Gasteiger partial charge < -0.3 is 15.7 Å². The molecule has 0 aliphatic carbocycles. The summed E-state index contributed by atoms with van der Waals surface area (Å²) in [4.78, 5) is 24.1. The lowest BCUT2D eigenvalue weighted by Gasteiger charge is -2.40. The van der Waals surface area contributed by atoms with Gasteiger partial charge in [-0.05, 0) is 34.6 Å². The van der Waals surface area contributed by atoms with E-state index in [1.54, 1.807) is 34.6 Å². The lowest BCUT2D eigenvalue weighted by molar-refractivity contribution is -0.150. The molecule has 0 saturated heterocycles. The van der Waals surface area contributed by atoms with Crippen molar-refractivity contribution in [2.45, 2.75) is 40.2 Å². The molecule has 94 valence electrons.